The number of nitrogens with one attached hydrogen (secondary N) is 3. The zero-order valence-corrected chi connectivity index (χ0v) is 18.0. The van der Waals surface area contributed by atoms with Crippen LogP contribution < -0.4 is 16.0 Å². The fraction of sp³-hybridized carbons (Fsp3) is 0.176. The summed E-state index contributed by atoms with van der Waals surface area (Å²) in [6.07, 6.45) is -0.846. The minimum absolute atomic E-state index is 0.158. The van der Waals surface area contributed by atoms with Crippen LogP contribution in [0.2, 0.25) is 0 Å². The topological polar surface area (TPSA) is 53.2 Å². The van der Waals surface area contributed by atoms with E-state index in [2.05, 4.69) is 31.9 Å². The van der Waals surface area contributed by atoms with E-state index in [1.807, 2.05) is 54.6 Å². The van der Waals surface area contributed by atoms with Crippen molar-refractivity contribution in [3.05, 3.63) is 64.6 Å². The minimum Gasteiger partial charge on any atom is -0.339 e. The molecule has 1 atom stereocenters. The number of hydrogen-bond acceptors (Lipinski definition) is 2. The normalized spacial score (nSPS) is 12.2. The molecule has 138 valence electrons. The van der Waals surface area contributed by atoms with E-state index in [-0.39, 0.29) is 17.4 Å². The Morgan fingerprint density at radius 3 is 2.38 bits per heavy atom. The van der Waals surface area contributed by atoms with Crippen LogP contribution in [0.1, 0.15) is 5.56 Å². The largest absolute Gasteiger partial charge is 0.339 e. The second-order valence-electron chi connectivity index (χ2n) is 5.31. The van der Waals surface area contributed by atoms with Crippen LogP contribution in [0, 0.1) is 0 Å². The van der Waals surface area contributed by atoms with Crippen molar-refractivity contribution in [1.29, 1.82) is 0 Å². The molecule has 0 fully saturated rings. The maximum absolute atomic E-state index is 12.3. The Morgan fingerprint density at radius 2 is 1.77 bits per heavy atom. The van der Waals surface area contributed by atoms with Gasteiger partial charge in [-0.1, -0.05) is 87.1 Å². The van der Waals surface area contributed by atoms with Crippen LogP contribution in [-0.4, -0.2) is 21.0 Å². The number of alkyl halides is 3. The molecule has 0 bridgehead atoms. The van der Waals surface area contributed by atoms with Gasteiger partial charge >= 0.3 is 0 Å². The maximum Gasteiger partial charge on any atom is 0.228 e. The lowest BCUT2D eigenvalue weighted by Gasteiger charge is -2.27. The van der Waals surface area contributed by atoms with Crippen molar-refractivity contribution in [2.24, 2.45) is 0 Å². The van der Waals surface area contributed by atoms with E-state index in [1.54, 1.807) is 0 Å². The van der Waals surface area contributed by atoms with E-state index >= 15 is 0 Å². The second-order valence-corrected chi connectivity index (χ2v) is 9.01. The number of hydrogen-bond donors (Lipinski definition) is 3. The zero-order chi connectivity index (χ0) is 19.2. The monoisotopic (exact) mass is 493 g/mol. The van der Waals surface area contributed by atoms with Crippen LogP contribution in [0.25, 0.3) is 0 Å². The summed E-state index contributed by atoms with van der Waals surface area (Å²) in [5.74, 6) is -0.301. The summed E-state index contributed by atoms with van der Waals surface area (Å²) in [5.41, 5.74) is 1.60. The molecule has 0 heterocycles. The van der Waals surface area contributed by atoms with E-state index in [0.717, 1.165) is 15.7 Å². The number of carbonyl (C=O) groups is 1. The lowest BCUT2D eigenvalue weighted by atomic mass is 10.1. The predicted molar refractivity (Wildman–Crippen MR) is 116 cm³/mol. The molecular formula is C17H15BrCl3N3OS. The Morgan fingerprint density at radius 1 is 1.08 bits per heavy atom. The number of amides is 1. The van der Waals surface area contributed by atoms with Crippen LogP contribution in [-0.2, 0) is 11.2 Å². The third kappa shape index (κ3) is 7.29. The molecule has 0 radical (unpaired) electrons. The maximum atomic E-state index is 12.3. The molecule has 3 N–H and O–H groups in total. The van der Waals surface area contributed by atoms with E-state index < -0.39 is 9.96 Å². The number of halogens is 4. The number of rotatable bonds is 5. The first-order valence-electron chi connectivity index (χ1n) is 7.47. The van der Waals surface area contributed by atoms with E-state index in [0.29, 0.717) is 0 Å². The molecule has 4 nitrogen and oxygen atoms in total. The van der Waals surface area contributed by atoms with Crippen LogP contribution in [0.4, 0.5) is 5.69 Å². The van der Waals surface area contributed by atoms with Crippen LogP contribution in [0.3, 0.4) is 0 Å². The van der Waals surface area contributed by atoms with Crippen molar-refractivity contribution in [1.82, 2.24) is 10.6 Å². The highest BCUT2D eigenvalue weighted by atomic mass is 79.9. The highest BCUT2D eigenvalue weighted by Crippen LogP contribution is 2.29. The summed E-state index contributed by atoms with van der Waals surface area (Å²) in [4.78, 5) is 12.3. The predicted octanol–water partition coefficient (Wildman–Crippen LogP) is 4.79. The molecule has 0 aliphatic rings. The molecule has 1 amide bonds. The Hall–Kier alpha value is -1.05. The van der Waals surface area contributed by atoms with Crippen molar-refractivity contribution in [2.45, 2.75) is 16.4 Å². The third-order valence-corrected chi connectivity index (χ3v) is 4.57. The minimum atomic E-state index is -1.80. The molecule has 0 aromatic heterocycles. The van der Waals surface area contributed by atoms with Gasteiger partial charge in [0.2, 0.25) is 9.70 Å². The van der Waals surface area contributed by atoms with Crippen molar-refractivity contribution in [3.63, 3.8) is 0 Å². The van der Waals surface area contributed by atoms with Gasteiger partial charge in [0.05, 0.1) is 6.42 Å². The van der Waals surface area contributed by atoms with Gasteiger partial charge in [0, 0.05) is 10.2 Å². The second kappa shape index (κ2) is 9.76. The Balaban J connectivity index is 1.98. The van der Waals surface area contributed by atoms with Crippen molar-refractivity contribution in [3.8, 4) is 0 Å². The molecule has 0 aliphatic heterocycles. The molecule has 0 saturated carbocycles. The van der Waals surface area contributed by atoms with Crippen molar-refractivity contribution >= 4 is 79.7 Å². The molecular weight excluding hydrogens is 481 g/mol. The van der Waals surface area contributed by atoms with Crippen molar-refractivity contribution < 1.29 is 4.79 Å². The van der Waals surface area contributed by atoms with Gasteiger partial charge in [0.1, 0.15) is 6.17 Å². The van der Waals surface area contributed by atoms with Gasteiger partial charge in [-0.15, -0.1) is 0 Å². The summed E-state index contributed by atoms with van der Waals surface area (Å²) in [7, 11) is 0. The molecule has 2 rings (SSSR count). The van der Waals surface area contributed by atoms with E-state index in [9.17, 15) is 4.79 Å². The van der Waals surface area contributed by atoms with Gasteiger partial charge in [-0.2, -0.15) is 0 Å². The van der Waals surface area contributed by atoms with Gasteiger partial charge in [0.25, 0.3) is 0 Å². The quantitative estimate of drug-likeness (QED) is 0.317. The molecule has 2 aromatic rings. The Kier molecular flexibility index (Phi) is 7.98. The molecule has 0 spiro atoms. The smallest absolute Gasteiger partial charge is 0.228 e. The highest BCUT2D eigenvalue weighted by Gasteiger charge is 2.34. The van der Waals surface area contributed by atoms with Crippen LogP contribution in [0.5, 0.6) is 0 Å². The van der Waals surface area contributed by atoms with Gasteiger partial charge in [-0.25, -0.2) is 0 Å². The molecule has 0 saturated heterocycles. The Bertz CT molecular complexity index is 771. The first kappa shape index (κ1) is 21.3. The summed E-state index contributed by atoms with van der Waals surface area (Å²) in [6.45, 7) is 0. The summed E-state index contributed by atoms with van der Waals surface area (Å²) < 4.78 is -0.908. The SMILES string of the molecule is O=C(Cc1ccccc1)NC(NC(=S)Nc1cccc(Br)c1)C(Cl)(Cl)Cl. The number of benzene rings is 2. The van der Waals surface area contributed by atoms with Gasteiger partial charge in [0.15, 0.2) is 5.11 Å². The third-order valence-electron chi connectivity index (χ3n) is 3.20. The highest BCUT2D eigenvalue weighted by molar-refractivity contribution is 9.10. The van der Waals surface area contributed by atoms with Crippen molar-refractivity contribution in [2.75, 3.05) is 5.32 Å². The van der Waals surface area contributed by atoms with Crippen LogP contribution in [0.15, 0.2) is 59.1 Å². The first-order chi connectivity index (χ1) is 12.2. The van der Waals surface area contributed by atoms with Gasteiger partial charge in [-0.3, -0.25) is 4.79 Å². The number of anilines is 1. The summed E-state index contributed by atoms with van der Waals surface area (Å²) in [6, 6.07) is 16.7. The molecule has 1 unspecified atom stereocenters. The van der Waals surface area contributed by atoms with E-state index in [4.69, 9.17) is 47.0 Å². The standard InChI is InChI=1S/C17H15BrCl3N3OS/c18-12-7-4-8-13(10-12)22-16(26)24-15(17(19,20)21)23-14(25)9-11-5-2-1-3-6-11/h1-8,10,15H,9H2,(H,23,25)(H2,22,24,26). The average molecular weight is 496 g/mol. The van der Waals surface area contributed by atoms with Gasteiger partial charge < -0.3 is 16.0 Å². The first-order valence-corrected chi connectivity index (χ1v) is 9.80. The molecule has 9 heteroatoms. The number of thiocarbonyl (C=S) groups is 1. The number of carbonyl (C=O) groups excluding carboxylic acids is 1. The summed E-state index contributed by atoms with van der Waals surface area (Å²) in [5, 5.41) is 8.65. The molecule has 26 heavy (non-hydrogen) atoms. The molecule has 2 aromatic carbocycles. The summed E-state index contributed by atoms with van der Waals surface area (Å²) >= 11 is 26.5. The fourth-order valence-electron chi connectivity index (χ4n) is 2.06. The lowest BCUT2D eigenvalue weighted by Crippen LogP contribution is -2.56. The van der Waals surface area contributed by atoms with Crippen LogP contribution >= 0.6 is 63.0 Å². The van der Waals surface area contributed by atoms with E-state index in [1.165, 1.54) is 0 Å². The molecule has 0 aliphatic carbocycles. The average Bonchev–Trinajstić information content (AvgIpc) is 2.54. The van der Waals surface area contributed by atoms with Gasteiger partial charge in [-0.05, 0) is 36.0 Å². The Labute approximate surface area is 180 Å². The zero-order valence-electron chi connectivity index (χ0n) is 13.3. The fourth-order valence-corrected chi connectivity index (χ4v) is 3.02. The lowest BCUT2D eigenvalue weighted by molar-refractivity contribution is -0.121.